The van der Waals surface area contributed by atoms with Crippen molar-refractivity contribution in [1.29, 1.82) is 0 Å². The van der Waals surface area contributed by atoms with Crippen LogP contribution in [0.15, 0.2) is 15.0 Å². The summed E-state index contributed by atoms with van der Waals surface area (Å²) >= 11 is 5.30. The molecule has 1 rings (SSSR count). The van der Waals surface area contributed by atoms with E-state index in [4.69, 9.17) is 0 Å². The fraction of sp³-hybridized carbons (Fsp3) is 0. The molecule has 70 valence electrons. The molecule has 0 aliphatic rings. The van der Waals surface area contributed by atoms with Gasteiger partial charge in [0, 0.05) is 6.07 Å². The molecule has 0 aromatic heterocycles. The lowest BCUT2D eigenvalue weighted by molar-refractivity contribution is -0.386. The lowest BCUT2D eigenvalue weighted by Gasteiger charge is -2.00. The van der Waals surface area contributed by atoms with E-state index >= 15 is 0 Å². The van der Waals surface area contributed by atoms with E-state index in [2.05, 4.69) is 31.9 Å². The van der Waals surface area contributed by atoms with Crippen LogP contribution in [0.1, 0.15) is 0 Å². The van der Waals surface area contributed by atoms with Crippen LogP contribution in [0.2, 0.25) is 0 Å². The first-order valence-corrected chi connectivity index (χ1v) is 4.51. The lowest BCUT2D eigenvalue weighted by atomic mass is 10.3. The van der Waals surface area contributed by atoms with Gasteiger partial charge >= 0.3 is 5.69 Å². The second kappa shape index (κ2) is 3.67. The van der Waals surface area contributed by atoms with E-state index < -0.39 is 22.2 Å². The highest BCUT2D eigenvalue weighted by molar-refractivity contribution is 9.11. The van der Waals surface area contributed by atoms with Gasteiger partial charge < -0.3 is 0 Å². The summed E-state index contributed by atoms with van der Waals surface area (Å²) in [6.45, 7) is 0. The molecule has 0 aliphatic heterocycles. The van der Waals surface area contributed by atoms with Gasteiger partial charge in [-0.15, -0.1) is 0 Å². The largest absolute Gasteiger partial charge is 0.303 e. The fourth-order valence-corrected chi connectivity index (χ4v) is 1.90. The number of hydrogen-bond acceptors (Lipinski definition) is 2. The summed E-state index contributed by atoms with van der Waals surface area (Å²) in [5.41, 5.74) is -0.655. The maximum absolute atomic E-state index is 12.8. The number of hydrogen-bond donors (Lipinski definition) is 0. The van der Waals surface area contributed by atoms with E-state index in [1.165, 1.54) is 0 Å². The van der Waals surface area contributed by atoms with Crippen LogP contribution in [0.3, 0.4) is 0 Å². The second-order valence-corrected chi connectivity index (χ2v) is 3.66. The molecular weight excluding hydrogens is 316 g/mol. The second-order valence-electron chi connectivity index (χ2n) is 2.07. The molecule has 1 aromatic rings. The molecule has 0 saturated heterocycles. The van der Waals surface area contributed by atoms with Crippen molar-refractivity contribution in [3.63, 3.8) is 0 Å². The first kappa shape index (κ1) is 10.5. The number of nitro benzene ring substituents is 1. The van der Waals surface area contributed by atoms with Gasteiger partial charge in [0.25, 0.3) is 0 Å². The van der Waals surface area contributed by atoms with Gasteiger partial charge in [-0.2, -0.15) is 0 Å². The maximum atomic E-state index is 12.8. The minimum Gasteiger partial charge on any atom is -0.258 e. The van der Waals surface area contributed by atoms with Crippen molar-refractivity contribution in [2.45, 2.75) is 0 Å². The summed E-state index contributed by atoms with van der Waals surface area (Å²) in [6, 6.07) is 0.557. The first-order chi connectivity index (χ1) is 5.95. The molecule has 0 fully saturated rings. The number of nitrogens with zero attached hydrogens (tertiary/aromatic N) is 1. The normalized spacial score (nSPS) is 10.2. The smallest absolute Gasteiger partial charge is 0.258 e. The first-order valence-electron chi connectivity index (χ1n) is 2.92. The van der Waals surface area contributed by atoms with Crippen LogP contribution < -0.4 is 0 Å². The van der Waals surface area contributed by atoms with Crippen LogP contribution in [0.5, 0.6) is 0 Å². The van der Waals surface area contributed by atoms with E-state index in [9.17, 15) is 18.9 Å². The quantitative estimate of drug-likeness (QED) is 0.453. The number of rotatable bonds is 1. The monoisotopic (exact) mass is 315 g/mol. The van der Waals surface area contributed by atoms with Crippen molar-refractivity contribution >= 4 is 37.5 Å². The Labute approximate surface area is 88.2 Å². The summed E-state index contributed by atoms with van der Waals surface area (Å²) < 4.78 is 24.8. The topological polar surface area (TPSA) is 43.1 Å². The summed E-state index contributed by atoms with van der Waals surface area (Å²) in [5, 5.41) is 10.4. The van der Waals surface area contributed by atoms with E-state index in [0.717, 1.165) is 0 Å². The van der Waals surface area contributed by atoms with Gasteiger partial charge in [-0.1, -0.05) is 0 Å². The molecule has 0 N–H and O–H groups in total. The van der Waals surface area contributed by atoms with Crippen LogP contribution >= 0.6 is 31.9 Å². The predicted octanol–water partition coefficient (Wildman–Crippen LogP) is 3.40. The Hall–Kier alpha value is -0.560. The van der Waals surface area contributed by atoms with E-state index in [0.29, 0.717) is 6.07 Å². The van der Waals surface area contributed by atoms with E-state index in [1.807, 2.05) is 0 Å². The average Bonchev–Trinajstić information content (AvgIpc) is 2.01. The van der Waals surface area contributed by atoms with Crippen molar-refractivity contribution in [1.82, 2.24) is 0 Å². The zero-order valence-electron chi connectivity index (χ0n) is 5.85. The summed E-state index contributed by atoms with van der Waals surface area (Å²) in [7, 11) is 0. The Morgan fingerprint density at radius 2 is 1.62 bits per heavy atom. The Kier molecular flexibility index (Phi) is 2.97. The molecule has 7 heteroatoms. The molecule has 0 unspecified atom stereocenters. The SMILES string of the molecule is O=[N+]([O-])c1c(Br)c(F)cc(F)c1Br. The lowest BCUT2D eigenvalue weighted by Crippen LogP contribution is -1.95. The average molecular weight is 317 g/mol. The molecule has 0 heterocycles. The molecule has 0 atom stereocenters. The van der Waals surface area contributed by atoms with E-state index in [-0.39, 0.29) is 8.95 Å². The fourth-order valence-electron chi connectivity index (χ4n) is 0.721. The molecule has 0 spiro atoms. The highest BCUT2D eigenvalue weighted by Crippen LogP contribution is 2.36. The zero-order chi connectivity index (χ0) is 10.2. The Balaban J connectivity index is 3.56. The van der Waals surface area contributed by atoms with Crippen LogP contribution in [-0.2, 0) is 0 Å². The third-order valence-corrected chi connectivity index (χ3v) is 2.78. The molecule has 0 bridgehead atoms. The van der Waals surface area contributed by atoms with Crippen LogP contribution in [0.25, 0.3) is 0 Å². The van der Waals surface area contributed by atoms with Crippen molar-refractivity contribution in [3.8, 4) is 0 Å². The molecule has 0 aliphatic carbocycles. The minimum atomic E-state index is -1.01. The Morgan fingerprint density at radius 1 is 1.23 bits per heavy atom. The van der Waals surface area contributed by atoms with Gasteiger partial charge in [-0.25, -0.2) is 8.78 Å². The van der Waals surface area contributed by atoms with Gasteiger partial charge in [0.15, 0.2) is 0 Å². The summed E-state index contributed by atoms with van der Waals surface area (Å²) in [4.78, 5) is 9.48. The van der Waals surface area contributed by atoms with Crippen molar-refractivity contribution < 1.29 is 13.7 Å². The van der Waals surface area contributed by atoms with Gasteiger partial charge in [0.2, 0.25) is 0 Å². The molecule has 0 amide bonds. The molecular formula is C6HBr2F2NO2. The maximum Gasteiger partial charge on any atom is 0.303 e. The Morgan fingerprint density at radius 3 is 1.92 bits per heavy atom. The van der Waals surface area contributed by atoms with Gasteiger partial charge in [-0.3, -0.25) is 10.1 Å². The molecule has 1 aromatic carbocycles. The molecule has 0 saturated carbocycles. The van der Waals surface area contributed by atoms with Gasteiger partial charge in [0.1, 0.15) is 20.6 Å². The highest BCUT2D eigenvalue weighted by atomic mass is 79.9. The number of halogens is 4. The van der Waals surface area contributed by atoms with Crippen molar-refractivity contribution in [2.24, 2.45) is 0 Å². The molecule has 13 heavy (non-hydrogen) atoms. The standard InChI is InChI=1S/C6HBr2F2NO2/c7-4-2(9)1-3(10)5(8)6(4)11(12)13/h1H. The van der Waals surface area contributed by atoms with Crippen molar-refractivity contribution in [3.05, 3.63) is 36.8 Å². The number of benzene rings is 1. The van der Waals surface area contributed by atoms with E-state index in [1.54, 1.807) is 0 Å². The zero-order valence-corrected chi connectivity index (χ0v) is 9.02. The summed E-state index contributed by atoms with van der Waals surface area (Å²) in [6.07, 6.45) is 0. The number of nitro groups is 1. The van der Waals surface area contributed by atoms with Gasteiger partial charge in [-0.05, 0) is 31.9 Å². The van der Waals surface area contributed by atoms with Crippen LogP contribution in [0, 0.1) is 21.7 Å². The summed E-state index contributed by atoms with van der Waals surface area (Å²) in [5.74, 6) is -2.01. The third kappa shape index (κ3) is 1.86. The van der Waals surface area contributed by atoms with Crippen molar-refractivity contribution in [2.75, 3.05) is 0 Å². The Bertz CT molecular complexity index is 357. The predicted molar refractivity (Wildman–Crippen MR) is 48.4 cm³/mol. The van der Waals surface area contributed by atoms with Gasteiger partial charge in [0.05, 0.1) is 4.92 Å². The van der Waals surface area contributed by atoms with Crippen LogP contribution in [-0.4, -0.2) is 4.92 Å². The highest BCUT2D eigenvalue weighted by Gasteiger charge is 2.24. The molecule has 0 radical (unpaired) electrons. The minimum absolute atomic E-state index is 0.370. The molecule has 3 nitrogen and oxygen atoms in total. The third-order valence-electron chi connectivity index (χ3n) is 1.27. The van der Waals surface area contributed by atoms with Crippen LogP contribution in [0.4, 0.5) is 14.5 Å².